The average Bonchev–Trinajstić information content (AvgIpc) is 3.62. The van der Waals surface area contributed by atoms with Crippen LogP contribution in [0.4, 0.5) is 17.1 Å². The van der Waals surface area contributed by atoms with Crippen LogP contribution in [0.2, 0.25) is 0 Å². The third kappa shape index (κ3) is 5.02. The van der Waals surface area contributed by atoms with Gasteiger partial charge in [-0.3, -0.25) is 4.98 Å². The first-order valence-electron chi connectivity index (χ1n) is 17.6. The van der Waals surface area contributed by atoms with Gasteiger partial charge in [0.05, 0.1) is 17.3 Å². The summed E-state index contributed by atoms with van der Waals surface area (Å²) in [7, 11) is 0. The van der Waals surface area contributed by atoms with Crippen LogP contribution < -0.4 is 4.90 Å². The predicted octanol–water partition coefficient (Wildman–Crippen LogP) is 13.8. The maximum atomic E-state index is 6.63. The fraction of sp³-hybridized carbons (Fsp3) is 0. The highest BCUT2D eigenvalue weighted by molar-refractivity contribution is 6.22. The molecule has 0 unspecified atom stereocenters. The lowest BCUT2D eigenvalue weighted by molar-refractivity contribution is 0.670. The van der Waals surface area contributed by atoms with Gasteiger partial charge in [0.15, 0.2) is 5.58 Å². The highest BCUT2D eigenvalue weighted by Gasteiger charge is 2.23. The molecule has 0 saturated heterocycles. The summed E-state index contributed by atoms with van der Waals surface area (Å²) in [4.78, 5) is 6.80. The maximum absolute atomic E-state index is 6.63. The third-order valence-electron chi connectivity index (χ3n) is 10.1. The van der Waals surface area contributed by atoms with Crippen LogP contribution in [-0.4, -0.2) is 4.98 Å². The van der Waals surface area contributed by atoms with Crippen molar-refractivity contribution >= 4 is 60.5 Å². The molecule has 8 aromatic carbocycles. The van der Waals surface area contributed by atoms with Crippen LogP contribution in [0.3, 0.4) is 0 Å². The van der Waals surface area contributed by atoms with Crippen LogP contribution in [0, 0.1) is 0 Å². The van der Waals surface area contributed by atoms with Crippen LogP contribution in [0.15, 0.2) is 199 Å². The molecule has 0 N–H and O–H groups in total. The minimum atomic E-state index is 0.769. The lowest BCUT2D eigenvalue weighted by atomic mass is 9.90. The number of hydrogen-bond donors (Lipinski definition) is 0. The van der Waals surface area contributed by atoms with Gasteiger partial charge in [-0.25, -0.2) is 0 Å². The first-order valence-corrected chi connectivity index (χ1v) is 17.6. The standard InChI is InChI=1S/C49H32N2O/c1-3-12-33(13-4-1)34-22-24-38(25-23-34)51(46-30-37-17-8-10-20-41(37)49-48(46)44-28-29-50-32-47(44)52-49)39-26-27-43(45(31-39)36-14-5-2-6-15-36)42-21-11-18-35-16-7-9-19-40(35)42/h1-32H. The molecule has 0 radical (unpaired) electrons. The van der Waals surface area contributed by atoms with E-state index in [2.05, 4.69) is 192 Å². The SMILES string of the molecule is c1ccc(-c2ccc(N(c3ccc(-c4cccc5ccccc45)c(-c4ccccc4)c3)c3cc4ccccc4c4oc5cnccc5c34)cc2)cc1. The molecule has 0 bridgehead atoms. The summed E-state index contributed by atoms with van der Waals surface area (Å²) in [6.07, 6.45) is 3.67. The van der Waals surface area contributed by atoms with Crippen LogP contribution >= 0.6 is 0 Å². The number of rotatable bonds is 6. The largest absolute Gasteiger partial charge is 0.454 e. The van der Waals surface area contributed by atoms with E-state index in [1.165, 1.54) is 38.6 Å². The van der Waals surface area contributed by atoms with E-state index in [4.69, 9.17) is 4.42 Å². The Labute approximate surface area is 301 Å². The van der Waals surface area contributed by atoms with Gasteiger partial charge in [-0.15, -0.1) is 0 Å². The first kappa shape index (κ1) is 29.9. The van der Waals surface area contributed by atoms with Crippen molar-refractivity contribution in [1.82, 2.24) is 4.98 Å². The minimum absolute atomic E-state index is 0.769. The van der Waals surface area contributed by atoms with E-state index in [-0.39, 0.29) is 0 Å². The molecule has 244 valence electrons. The topological polar surface area (TPSA) is 29.3 Å². The zero-order chi connectivity index (χ0) is 34.4. The molecule has 10 rings (SSSR count). The zero-order valence-electron chi connectivity index (χ0n) is 28.3. The van der Waals surface area contributed by atoms with Gasteiger partial charge < -0.3 is 9.32 Å². The summed E-state index contributed by atoms with van der Waals surface area (Å²) in [5, 5.41) is 6.74. The van der Waals surface area contributed by atoms with E-state index in [0.29, 0.717) is 0 Å². The fourth-order valence-corrected chi connectivity index (χ4v) is 7.70. The summed E-state index contributed by atoms with van der Waals surface area (Å²) in [6, 6.07) is 65.1. The second-order valence-electron chi connectivity index (χ2n) is 13.2. The van der Waals surface area contributed by atoms with Crippen molar-refractivity contribution in [3.05, 3.63) is 194 Å². The zero-order valence-corrected chi connectivity index (χ0v) is 28.3. The quantitative estimate of drug-likeness (QED) is 0.177. The minimum Gasteiger partial charge on any atom is -0.454 e. The lowest BCUT2D eigenvalue weighted by Crippen LogP contribution is -2.11. The average molecular weight is 665 g/mol. The molecular weight excluding hydrogens is 633 g/mol. The van der Waals surface area contributed by atoms with Gasteiger partial charge in [-0.2, -0.15) is 0 Å². The van der Waals surface area contributed by atoms with Crippen molar-refractivity contribution in [2.45, 2.75) is 0 Å². The number of furan rings is 1. The normalized spacial score (nSPS) is 11.5. The molecule has 2 aromatic heterocycles. The Hall–Kier alpha value is -6.97. The number of anilines is 3. The molecule has 0 aliphatic heterocycles. The second kappa shape index (κ2) is 12.4. The molecule has 0 aliphatic rings. The molecule has 52 heavy (non-hydrogen) atoms. The molecule has 3 heteroatoms. The molecule has 0 aliphatic carbocycles. The van der Waals surface area contributed by atoms with Crippen molar-refractivity contribution in [1.29, 1.82) is 0 Å². The Kier molecular flexibility index (Phi) is 7.14. The van der Waals surface area contributed by atoms with Gasteiger partial charge in [0.2, 0.25) is 0 Å². The summed E-state index contributed by atoms with van der Waals surface area (Å²) < 4.78 is 6.63. The van der Waals surface area contributed by atoms with Crippen molar-refractivity contribution in [2.75, 3.05) is 4.90 Å². The molecule has 0 amide bonds. The maximum Gasteiger partial charge on any atom is 0.153 e. The van der Waals surface area contributed by atoms with Crippen LogP contribution in [0.1, 0.15) is 0 Å². The summed E-state index contributed by atoms with van der Waals surface area (Å²) >= 11 is 0. The molecule has 0 spiro atoms. The molecule has 2 heterocycles. The Balaban J connectivity index is 1.27. The molecule has 3 nitrogen and oxygen atoms in total. The van der Waals surface area contributed by atoms with E-state index >= 15 is 0 Å². The van der Waals surface area contributed by atoms with Crippen molar-refractivity contribution < 1.29 is 4.42 Å². The molecule has 0 atom stereocenters. The van der Waals surface area contributed by atoms with E-state index in [1.807, 2.05) is 12.4 Å². The molecular formula is C49H32N2O. The van der Waals surface area contributed by atoms with Crippen LogP contribution in [0.5, 0.6) is 0 Å². The highest BCUT2D eigenvalue weighted by atomic mass is 16.3. The Morgan fingerprint density at radius 3 is 1.88 bits per heavy atom. The number of aromatic nitrogens is 1. The number of fused-ring (bicyclic) bond motifs is 6. The smallest absolute Gasteiger partial charge is 0.153 e. The fourth-order valence-electron chi connectivity index (χ4n) is 7.70. The number of hydrogen-bond acceptors (Lipinski definition) is 3. The Morgan fingerprint density at radius 1 is 0.423 bits per heavy atom. The van der Waals surface area contributed by atoms with Gasteiger partial charge in [0.1, 0.15) is 5.58 Å². The van der Waals surface area contributed by atoms with E-state index < -0.39 is 0 Å². The van der Waals surface area contributed by atoms with E-state index in [9.17, 15) is 0 Å². The number of pyridine rings is 1. The van der Waals surface area contributed by atoms with Gasteiger partial charge in [0.25, 0.3) is 0 Å². The molecule has 0 fully saturated rings. The van der Waals surface area contributed by atoms with Crippen molar-refractivity contribution in [2.24, 2.45) is 0 Å². The molecule has 10 aromatic rings. The van der Waals surface area contributed by atoms with Crippen LogP contribution in [-0.2, 0) is 0 Å². The summed E-state index contributed by atoms with van der Waals surface area (Å²) in [5.74, 6) is 0. The van der Waals surface area contributed by atoms with Crippen LogP contribution in [0.25, 0.3) is 76.9 Å². The van der Waals surface area contributed by atoms with E-state index in [1.54, 1.807) is 0 Å². The van der Waals surface area contributed by atoms with Gasteiger partial charge in [-0.05, 0) is 85.9 Å². The highest BCUT2D eigenvalue weighted by Crippen LogP contribution is 2.48. The summed E-state index contributed by atoms with van der Waals surface area (Å²) in [5.41, 5.74) is 11.9. The number of nitrogens with zero attached hydrogens (tertiary/aromatic N) is 2. The van der Waals surface area contributed by atoms with Crippen molar-refractivity contribution in [3.8, 4) is 33.4 Å². The molecule has 0 saturated carbocycles. The monoisotopic (exact) mass is 664 g/mol. The van der Waals surface area contributed by atoms with E-state index in [0.717, 1.165) is 55.3 Å². The summed E-state index contributed by atoms with van der Waals surface area (Å²) in [6.45, 7) is 0. The van der Waals surface area contributed by atoms with Crippen molar-refractivity contribution in [3.63, 3.8) is 0 Å². The Morgan fingerprint density at radius 2 is 1.08 bits per heavy atom. The lowest BCUT2D eigenvalue weighted by Gasteiger charge is -2.28. The van der Waals surface area contributed by atoms with Gasteiger partial charge in [0, 0.05) is 28.3 Å². The second-order valence-corrected chi connectivity index (χ2v) is 13.2. The first-order chi connectivity index (χ1) is 25.8. The number of benzene rings is 8. The third-order valence-corrected chi connectivity index (χ3v) is 10.1. The van der Waals surface area contributed by atoms with Gasteiger partial charge >= 0.3 is 0 Å². The Bertz CT molecular complexity index is 2890. The predicted molar refractivity (Wildman–Crippen MR) is 218 cm³/mol. The van der Waals surface area contributed by atoms with Gasteiger partial charge in [-0.1, -0.05) is 146 Å².